The molecule has 0 aliphatic heterocycles. The van der Waals surface area contributed by atoms with Gasteiger partial charge in [0.15, 0.2) is 0 Å². The van der Waals surface area contributed by atoms with E-state index in [1.165, 1.54) is 0 Å². The molecule has 9 nitrogen and oxygen atoms in total. The molecule has 3 aromatic heterocycles. The normalized spacial score (nSPS) is 11.9. The topological polar surface area (TPSA) is 112 Å². The van der Waals surface area contributed by atoms with Crippen LogP contribution in [0.1, 0.15) is 29.2 Å². The Labute approximate surface area is 154 Å². The van der Waals surface area contributed by atoms with Crippen molar-refractivity contribution in [3.63, 3.8) is 0 Å². The fourth-order valence-corrected chi connectivity index (χ4v) is 2.51. The number of amides is 1. The molecule has 1 N–H and O–H groups in total. The van der Waals surface area contributed by atoms with Crippen LogP contribution in [0.4, 0.5) is 0 Å². The quantitative estimate of drug-likeness (QED) is 0.580. The maximum atomic E-state index is 12.6. The summed E-state index contributed by atoms with van der Waals surface area (Å²) >= 11 is 0. The van der Waals surface area contributed by atoms with Gasteiger partial charge >= 0.3 is 0 Å². The first-order chi connectivity index (χ1) is 13.2. The molecule has 0 saturated heterocycles. The summed E-state index contributed by atoms with van der Waals surface area (Å²) < 4.78 is 7.00. The first kappa shape index (κ1) is 16.6. The van der Waals surface area contributed by atoms with E-state index in [0.717, 1.165) is 11.3 Å². The fraction of sp³-hybridized carbons (Fsp3) is 0.111. The van der Waals surface area contributed by atoms with Gasteiger partial charge in [0.2, 0.25) is 11.7 Å². The third-order valence-electron chi connectivity index (χ3n) is 3.90. The Hall–Kier alpha value is -3.88. The zero-order valence-electron chi connectivity index (χ0n) is 14.4. The summed E-state index contributed by atoms with van der Waals surface area (Å²) in [6.07, 6.45) is 6.45. The number of carbonyl (C=O) groups excluding carboxylic acids is 1. The molecular weight excluding hydrogens is 346 g/mol. The lowest BCUT2D eigenvalue weighted by Gasteiger charge is -2.10. The van der Waals surface area contributed by atoms with Crippen LogP contribution in [-0.2, 0) is 0 Å². The van der Waals surface area contributed by atoms with Gasteiger partial charge in [0.1, 0.15) is 18.7 Å². The summed E-state index contributed by atoms with van der Waals surface area (Å²) in [5, 5.41) is 14.3. The average molecular weight is 361 g/mol. The molecule has 4 aromatic rings. The monoisotopic (exact) mass is 361 g/mol. The van der Waals surface area contributed by atoms with Crippen molar-refractivity contribution in [3.05, 3.63) is 72.9 Å². The Morgan fingerprint density at radius 3 is 2.81 bits per heavy atom. The second-order valence-electron chi connectivity index (χ2n) is 5.81. The van der Waals surface area contributed by atoms with Crippen LogP contribution in [0.25, 0.3) is 17.1 Å². The van der Waals surface area contributed by atoms with Gasteiger partial charge in [-0.05, 0) is 37.3 Å². The van der Waals surface area contributed by atoms with Gasteiger partial charge in [0.05, 0.1) is 0 Å². The Morgan fingerprint density at radius 2 is 2.04 bits per heavy atom. The zero-order chi connectivity index (χ0) is 18.6. The van der Waals surface area contributed by atoms with Crippen LogP contribution < -0.4 is 5.32 Å². The van der Waals surface area contributed by atoms with Crippen LogP contribution in [0.3, 0.4) is 0 Å². The summed E-state index contributed by atoms with van der Waals surface area (Å²) in [7, 11) is 0. The van der Waals surface area contributed by atoms with E-state index in [4.69, 9.17) is 4.52 Å². The maximum Gasteiger partial charge on any atom is 0.251 e. The van der Waals surface area contributed by atoms with Crippen molar-refractivity contribution in [1.29, 1.82) is 0 Å². The van der Waals surface area contributed by atoms with E-state index < -0.39 is 6.04 Å². The molecule has 0 bridgehead atoms. The molecule has 0 spiro atoms. The van der Waals surface area contributed by atoms with Crippen LogP contribution in [0.2, 0.25) is 0 Å². The molecule has 134 valence electrons. The van der Waals surface area contributed by atoms with Crippen LogP contribution >= 0.6 is 0 Å². The van der Waals surface area contributed by atoms with Crippen LogP contribution in [0.5, 0.6) is 0 Å². The van der Waals surface area contributed by atoms with E-state index in [0.29, 0.717) is 17.3 Å². The summed E-state index contributed by atoms with van der Waals surface area (Å²) in [5.74, 6) is 0.490. The van der Waals surface area contributed by atoms with Gasteiger partial charge in [0, 0.05) is 29.2 Å². The zero-order valence-corrected chi connectivity index (χ0v) is 14.4. The van der Waals surface area contributed by atoms with Gasteiger partial charge in [-0.1, -0.05) is 11.2 Å². The molecule has 0 aliphatic carbocycles. The van der Waals surface area contributed by atoms with E-state index in [2.05, 4.69) is 30.6 Å². The van der Waals surface area contributed by atoms with Gasteiger partial charge in [-0.25, -0.2) is 0 Å². The highest BCUT2D eigenvalue weighted by Gasteiger charge is 2.18. The predicted octanol–water partition coefficient (Wildman–Crippen LogP) is 2.20. The minimum Gasteiger partial charge on any atom is -0.341 e. The Kier molecular flexibility index (Phi) is 4.40. The standard InChI is InChI=1S/C18H15N7O2/c1-12(18-23-16(24-27-18)14-5-3-7-19-9-14)22-17(26)13-4-2-6-15(8-13)25-10-20-21-11-25/h2-12H,1H3,(H,22,26)/t12-/m0/s1. The molecule has 9 heteroatoms. The summed E-state index contributed by atoms with van der Waals surface area (Å²) in [6, 6.07) is 10.3. The average Bonchev–Trinajstić information content (AvgIpc) is 3.41. The molecule has 0 saturated carbocycles. The van der Waals surface area contributed by atoms with Crippen molar-refractivity contribution in [2.75, 3.05) is 0 Å². The van der Waals surface area contributed by atoms with Crippen LogP contribution in [-0.4, -0.2) is 35.8 Å². The molecule has 0 aliphatic rings. The van der Waals surface area contributed by atoms with E-state index in [1.807, 2.05) is 12.1 Å². The molecule has 1 atom stereocenters. The predicted molar refractivity (Wildman–Crippen MR) is 94.8 cm³/mol. The third-order valence-corrected chi connectivity index (χ3v) is 3.90. The minimum atomic E-state index is -0.450. The highest BCUT2D eigenvalue weighted by molar-refractivity contribution is 5.94. The number of hydrogen-bond donors (Lipinski definition) is 1. The first-order valence-electron chi connectivity index (χ1n) is 8.20. The molecular formula is C18H15N7O2. The number of carbonyl (C=O) groups is 1. The Morgan fingerprint density at radius 1 is 1.19 bits per heavy atom. The van der Waals surface area contributed by atoms with Gasteiger partial charge in [0.25, 0.3) is 5.91 Å². The first-order valence-corrected chi connectivity index (χ1v) is 8.20. The number of aromatic nitrogens is 6. The molecule has 0 fully saturated rings. The van der Waals surface area contributed by atoms with Crippen molar-refractivity contribution >= 4 is 5.91 Å². The summed E-state index contributed by atoms with van der Waals surface area (Å²) in [4.78, 5) is 20.9. The lowest BCUT2D eigenvalue weighted by molar-refractivity contribution is 0.0932. The van der Waals surface area contributed by atoms with Crippen molar-refractivity contribution in [2.45, 2.75) is 13.0 Å². The van der Waals surface area contributed by atoms with Crippen molar-refractivity contribution in [2.24, 2.45) is 0 Å². The highest BCUT2D eigenvalue weighted by Crippen LogP contribution is 2.18. The smallest absolute Gasteiger partial charge is 0.251 e. The number of nitrogens with one attached hydrogen (secondary N) is 1. The lowest BCUT2D eigenvalue weighted by Crippen LogP contribution is -2.27. The number of benzene rings is 1. The lowest BCUT2D eigenvalue weighted by atomic mass is 10.1. The van der Waals surface area contributed by atoms with Crippen LogP contribution in [0, 0.1) is 0 Å². The molecule has 1 aromatic carbocycles. The largest absolute Gasteiger partial charge is 0.341 e. The summed E-state index contributed by atoms with van der Waals surface area (Å²) in [5.41, 5.74) is 2.03. The second kappa shape index (κ2) is 7.16. The SMILES string of the molecule is C[C@H](NC(=O)c1cccc(-n2cnnc2)c1)c1nc(-c2cccnc2)no1. The Bertz CT molecular complexity index is 1040. The maximum absolute atomic E-state index is 12.6. The Balaban J connectivity index is 1.49. The van der Waals surface area contributed by atoms with Crippen molar-refractivity contribution < 1.29 is 9.32 Å². The summed E-state index contributed by atoms with van der Waals surface area (Å²) in [6.45, 7) is 1.78. The second-order valence-corrected chi connectivity index (χ2v) is 5.81. The van der Waals surface area contributed by atoms with E-state index >= 15 is 0 Å². The molecule has 4 rings (SSSR count). The number of hydrogen-bond acceptors (Lipinski definition) is 7. The molecule has 0 unspecified atom stereocenters. The molecule has 0 radical (unpaired) electrons. The van der Waals surface area contributed by atoms with Gasteiger partial charge < -0.3 is 9.84 Å². The molecule has 3 heterocycles. The van der Waals surface area contributed by atoms with E-state index in [-0.39, 0.29) is 5.91 Å². The van der Waals surface area contributed by atoms with Gasteiger partial charge in [-0.3, -0.25) is 14.3 Å². The molecule has 1 amide bonds. The minimum absolute atomic E-state index is 0.251. The van der Waals surface area contributed by atoms with Gasteiger partial charge in [-0.2, -0.15) is 4.98 Å². The van der Waals surface area contributed by atoms with E-state index in [1.54, 1.807) is 60.8 Å². The highest BCUT2D eigenvalue weighted by atomic mass is 16.5. The molecule has 27 heavy (non-hydrogen) atoms. The van der Waals surface area contributed by atoms with Crippen molar-refractivity contribution in [1.82, 2.24) is 35.2 Å². The third kappa shape index (κ3) is 3.56. The fourth-order valence-electron chi connectivity index (χ4n) is 2.51. The van der Waals surface area contributed by atoms with Crippen molar-refractivity contribution in [3.8, 4) is 17.1 Å². The van der Waals surface area contributed by atoms with E-state index in [9.17, 15) is 4.79 Å². The number of nitrogens with zero attached hydrogens (tertiary/aromatic N) is 6. The number of rotatable bonds is 5. The van der Waals surface area contributed by atoms with Crippen LogP contribution in [0.15, 0.2) is 66.0 Å². The van der Waals surface area contributed by atoms with Gasteiger partial charge in [-0.15, -0.1) is 10.2 Å². The number of pyridine rings is 1.